The average Bonchev–Trinajstić information content (AvgIpc) is 2.93. The van der Waals surface area contributed by atoms with Gasteiger partial charge in [0, 0.05) is 38.3 Å². The number of ether oxygens (including phenoxy) is 2. The van der Waals surface area contributed by atoms with E-state index in [1.165, 1.54) is 0 Å². The number of likely N-dealkylation sites (tertiary alicyclic amines) is 2. The smallest absolute Gasteiger partial charge is 0.410 e. The van der Waals surface area contributed by atoms with Gasteiger partial charge in [-0.3, -0.25) is 0 Å². The first kappa shape index (κ1) is 40.8. The van der Waals surface area contributed by atoms with Crippen LogP contribution >= 0.6 is 34.8 Å². The van der Waals surface area contributed by atoms with Crippen LogP contribution in [0.25, 0.3) is 0 Å². The van der Waals surface area contributed by atoms with Crippen molar-refractivity contribution in [3.05, 3.63) is 15.6 Å². The maximum Gasteiger partial charge on any atom is 0.410 e. The number of piperidine rings is 2. The second-order valence-electron chi connectivity index (χ2n) is 12.3. The van der Waals surface area contributed by atoms with Gasteiger partial charge in [-0.05, 0) is 78.8 Å². The van der Waals surface area contributed by atoms with Gasteiger partial charge in [0.05, 0.1) is 0 Å². The zero-order valence-electron chi connectivity index (χ0n) is 26.4. The molecule has 19 heteroatoms. The number of halogens is 3. The number of nitrogens with zero attached hydrogens (tertiary/aromatic N) is 8. The molecule has 4 heterocycles. The summed E-state index contributed by atoms with van der Waals surface area (Å²) in [5, 5.41) is 17.6. The highest BCUT2D eigenvalue weighted by atomic mass is 35.5. The maximum atomic E-state index is 12.0. The van der Waals surface area contributed by atoms with Crippen LogP contribution in [0.4, 0.5) is 27.2 Å². The number of hydrogen-bond donors (Lipinski definition) is 4. The Labute approximate surface area is 285 Å². The van der Waals surface area contributed by atoms with Gasteiger partial charge in [0.1, 0.15) is 11.2 Å². The first-order valence-corrected chi connectivity index (χ1v) is 15.4. The molecule has 7 N–H and O–H groups in total. The van der Waals surface area contributed by atoms with E-state index in [9.17, 15) is 9.59 Å². The normalized spacial score (nSPS) is 15.7. The van der Waals surface area contributed by atoms with Gasteiger partial charge in [-0.15, -0.1) is 20.4 Å². The number of rotatable bonds is 2. The molecule has 0 aromatic carbocycles. The van der Waals surface area contributed by atoms with Crippen molar-refractivity contribution >= 4 is 64.6 Å². The fourth-order valence-electron chi connectivity index (χ4n) is 3.81. The zero-order valence-corrected chi connectivity index (χ0v) is 28.7. The van der Waals surface area contributed by atoms with E-state index >= 15 is 0 Å². The minimum absolute atomic E-state index is 0. The molecule has 0 unspecified atom stereocenters. The molecule has 260 valence electrons. The van der Waals surface area contributed by atoms with Crippen LogP contribution in [0.5, 0.6) is 0 Å². The predicted molar refractivity (Wildman–Crippen MR) is 180 cm³/mol. The van der Waals surface area contributed by atoms with Gasteiger partial charge < -0.3 is 41.8 Å². The Kier molecular flexibility index (Phi) is 16.2. The highest BCUT2D eigenvalue weighted by Crippen LogP contribution is 2.19. The van der Waals surface area contributed by atoms with Gasteiger partial charge in [-0.1, -0.05) is 30.6 Å². The van der Waals surface area contributed by atoms with Crippen molar-refractivity contribution in [2.24, 2.45) is 5.73 Å². The van der Waals surface area contributed by atoms with E-state index in [0.717, 1.165) is 38.8 Å². The molecule has 2 aromatic heterocycles. The van der Waals surface area contributed by atoms with Crippen LogP contribution in [-0.2, 0) is 9.47 Å². The Morgan fingerprint density at radius 2 is 1.15 bits per heavy atom. The summed E-state index contributed by atoms with van der Waals surface area (Å²) < 4.78 is 10.6. The molecule has 2 saturated heterocycles. The summed E-state index contributed by atoms with van der Waals surface area (Å²) in [7, 11) is 0. The fourth-order valence-corrected chi connectivity index (χ4v) is 4.10. The molecule has 0 bridgehead atoms. The number of carbonyl (C=O) groups is 2. The van der Waals surface area contributed by atoms with Crippen molar-refractivity contribution in [2.75, 3.05) is 43.0 Å². The Hall–Kier alpha value is -3.21. The molecule has 0 saturated carbocycles. The van der Waals surface area contributed by atoms with Crippen LogP contribution in [0.1, 0.15) is 74.7 Å². The monoisotopic (exact) mass is 708 g/mol. The van der Waals surface area contributed by atoms with Crippen LogP contribution in [0.3, 0.4) is 0 Å². The highest BCUT2D eigenvalue weighted by molar-refractivity contribution is 6.32. The molecule has 46 heavy (non-hydrogen) atoms. The molecule has 2 aliphatic heterocycles. The van der Waals surface area contributed by atoms with Crippen molar-refractivity contribution in [2.45, 2.75) is 97.9 Å². The van der Waals surface area contributed by atoms with Crippen molar-refractivity contribution in [1.82, 2.24) is 40.2 Å². The molecule has 16 nitrogen and oxygen atoms in total. The van der Waals surface area contributed by atoms with Gasteiger partial charge in [0.15, 0.2) is 21.9 Å². The maximum absolute atomic E-state index is 12.0. The highest BCUT2D eigenvalue weighted by Gasteiger charge is 2.27. The number of nitrogens with two attached hydrogens (primary N) is 3. The van der Waals surface area contributed by atoms with E-state index in [0.29, 0.717) is 19.0 Å². The van der Waals surface area contributed by atoms with E-state index < -0.39 is 11.2 Å². The Morgan fingerprint density at radius 3 is 1.54 bits per heavy atom. The molecule has 0 aliphatic carbocycles. The average molecular weight is 710 g/mol. The molecule has 0 radical (unpaired) electrons. The molecule has 2 fully saturated rings. The number of amides is 2. The zero-order chi connectivity index (χ0) is 33.9. The molecule has 0 spiro atoms. The van der Waals surface area contributed by atoms with Gasteiger partial charge in [-0.25, -0.2) is 9.59 Å². The van der Waals surface area contributed by atoms with Gasteiger partial charge in [0.25, 0.3) is 0 Å². The van der Waals surface area contributed by atoms with Crippen molar-refractivity contribution in [3.8, 4) is 0 Å². The van der Waals surface area contributed by atoms with Crippen LogP contribution < -0.4 is 22.5 Å². The molecule has 0 atom stereocenters. The molecular formula is C27H47Cl3N12O4. The number of anilines is 3. The lowest BCUT2D eigenvalue weighted by molar-refractivity contribution is 0.0197. The summed E-state index contributed by atoms with van der Waals surface area (Å²) in [6.45, 7) is 13.9. The van der Waals surface area contributed by atoms with E-state index in [-0.39, 0.29) is 58.9 Å². The quantitative estimate of drug-likeness (QED) is 0.333. The van der Waals surface area contributed by atoms with Gasteiger partial charge in [-0.2, -0.15) is 9.97 Å². The molecule has 2 amide bonds. The Balaban J connectivity index is 0.000000377. The van der Waals surface area contributed by atoms with Crippen LogP contribution in [0, 0.1) is 0 Å². The second-order valence-corrected chi connectivity index (χ2v) is 13.3. The number of nitrogen functional groups attached to an aromatic ring is 2. The third kappa shape index (κ3) is 15.4. The summed E-state index contributed by atoms with van der Waals surface area (Å²) in [6.07, 6.45) is 2.79. The molecule has 2 aromatic rings. The third-order valence-corrected chi connectivity index (χ3v) is 6.68. The molecule has 2 aliphatic rings. The summed E-state index contributed by atoms with van der Waals surface area (Å²) in [5.74, 6) is 0.583. The van der Waals surface area contributed by atoms with Crippen LogP contribution in [0.15, 0.2) is 0 Å². The number of aromatic nitrogens is 6. The van der Waals surface area contributed by atoms with E-state index in [1.807, 2.05) is 41.5 Å². The van der Waals surface area contributed by atoms with Gasteiger partial charge in [0.2, 0.25) is 11.2 Å². The first-order chi connectivity index (χ1) is 20.8. The van der Waals surface area contributed by atoms with Crippen molar-refractivity contribution in [3.63, 3.8) is 0 Å². The standard InChI is InChI=1S/C13H21ClN6O2.C10H20N2O2.C3H2Cl2N4.CH4/c1-13(2,3)22-12(21)20-6-4-8(5-7-20)16-11-17-10(15)9(14)18-19-11;1-10(2,3)14-9(13)12-6-4-8(11)5-7-12;4-1-2(6)7-3(5)9-8-1;/h8H,4-7H2,1-3H3,(H3,15,16,17,19);8H,4-7,11H2,1-3H3;(H2,6,7,9);1H4. The minimum atomic E-state index is -0.480. The largest absolute Gasteiger partial charge is 0.444 e. The fraction of sp³-hybridized carbons (Fsp3) is 0.704. The molecule has 4 rings (SSSR count). The summed E-state index contributed by atoms with van der Waals surface area (Å²) >= 11 is 16.3. The Bertz CT molecular complexity index is 1260. The summed E-state index contributed by atoms with van der Waals surface area (Å²) in [4.78, 5) is 34.5. The lowest BCUT2D eigenvalue weighted by Crippen LogP contribution is -2.44. The lowest BCUT2D eigenvalue weighted by atomic mass is 10.1. The first-order valence-electron chi connectivity index (χ1n) is 14.3. The lowest BCUT2D eigenvalue weighted by Gasteiger charge is -2.33. The summed E-state index contributed by atoms with van der Waals surface area (Å²) in [6, 6.07) is 0.398. The number of carbonyl (C=O) groups excluding carboxylic acids is 2. The second kappa shape index (κ2) is 18.2. The number of hydrogen-bond acceptors (Lipinski definition) is 14. The minimum Gasteiger partial charge on any atom is -0.444 e. The topological polar surface area (TPSA) is 227 Å². The van der Waals surface area contributed by atoms with Crippen LogP contribution in [-0.4, -0.2) is 102 Å². The number of nitrogens with one attached hydrogen (secondary N) is 1. The predicted octanol–water partition coefficient (Wildman–Crippen LogP) is 4.66. The molecular weight excluding hydrogens is 663 g/mol. The van der Waals surface area contributed by atoms with E-state index in [4.69, 9.17) is 61.5 Å². The van der Waals surface area contributed by atoms with E-state index in [2.05, 4.69) is 35.7 Å². The van der Waals surface area contributed by atoms with Crippen molar-refractivity contribution in [1.29, 1.82) is 0 Å². The van der Waals surface area contributed by atoms with Crippen molar-refractivity contribution < 1.29 is 19.1 Å². The van der Waals surface area contributed by atoms with Crippen LogP contribution in [0.2, 0.25) is 15.6 Å². The summed E-state index contributed by atoms with van der Waals surface area (Å²) in [5.41, 5.74) is 15.6. The SMILES string of the molecule is C.CC(C)(C)OC(=O)N1CCC(N)CC1.CC(C)(C)OC(=O)N1CCC(Nc2nnc(Cl)c(N)n2)CC1.Nc1nc(Cl)nnc1Cl. The Morgan fingerprint density at radius 1 is 0.739 bits per heavy atom. The van der Waals surface area contributed by atoms with Gasteiger partial charge >= 0.3 is 12.2 Å². The third-order valence-electron chi connectivity index (χ3n) is 5.99. The van der Waals surface area contributed by atoms with E-state index in [1.54, 1.807) is 9.80 Å².